The molecule has 2 aromatic rings. The van der Waals surface area contributed by atoms with Crippen LogP contribution in [0.2, 0.25) is 0 Å². The minimum atomic E-state index is -3.65. The van der Waals surface area contributed by atoms with Crippen LogP contribution < -0.4 is 10.2 Å². The molecule has 3 fully saturated rings. The third-order valence-corrected chi connectivity index (χ3v) is 7.08. The Morgan fingerprint density at radius 3 is 2.50 bits per heavy atom. The summed E-state index contributed by atoms with van der Waals surface area (Å²) in [6.45, 7) is 1.00. The van der Waals surface area contributed by atoms with Crippen molar-refractivity contribution in [3.05, 3.63) is 48.5 Å². The summed E-state index contributed by atoms with van der Waals surface area (Å²) < 4.78 is 45.5. The van der Waals surface area contributed by atoms with Crippen molar-refractivity contribution in [3.8, 4) is 0 Å². The minimum Gasteiger partial charge on any atom is -0.453 e. The molecule has 5 rings (SSSR count). The summed E-state index contributed by atoms with van der Waals surface area (Å²) in [7, 11) is -2.40. The topological polar surface area (TPSA) is 91.8 Å². The van der Waals surface area contributed by atoms with E-state index in [0.29, 0.717) is 24.5 Å². The van der Waals surface area contributed by atoms with Crippen LogP contribution in [-0.2, 0) is 14.8 Å². The summed E-state index contributed by atoms with van der Waals surface area (Å²) in [6, 6.07) is 8.73. The monoisotopic (exact) mass is 406 g/mol. The van der Waals surface area contributed by atoms with Crippen molar-refractivity contribution in [1.82, 2.24) is 9.29 Å². The van der Waals surface area contributed by atoms with Gasteiger partial charge in [-0.1, -0.05) is 0 Å². The predicted octanol–water partition coefficient (Wildman–Crippen LogP) is 2.05. The van der Waals surface area contributed by atoms with Gasteiger partial charge in [-0.3, -0.25) is 5.32 Å². The van der Waals surface area contributed by atoms with Crippen molar-refractivity contribution in [3.63, 3.8) is 0 Å². The molecule has 2 unspecified atom stereocenters. The second-order valence-electron chi connectivity index (χ2n) is 6.76. The van der Waals surface area contributed by atoms with Gasteiger partial charge >= 0.3 is 6.09 Å². The van der Waals surface area contributed by atoms with E-state index in [9.17, 15) is 17.6 Å². The van der Waals surface area contributed by atoms with Crippen LogP contribution in [-0.4, -0.2) is 56.1 Å². The Labute approximate surface area is 162 Å². The van der Waals surface area contributed by atoms with Crippen LogP contribution in [0.4, 0.5) is 20.6 Å². The lowest BCUT2D eigenvalue weighted by Crippen LogP contribution is -2.70. The number of aromatic nitrogens is 1. The number of benzene rings is 1. The number of rotatable bonds is 4. The van der Waals surface area contributed by atoms with Gasteiger partial charge in [0.25, 0.3) is 0 Å². The molecule has 0 spiro atoms. The van der Waals surface area contributed by atoms with Crippen LogP contribution in [0.3, 0.4) is 0 Å². The first-order valence-electron chi connectivity index (χ1n) is 8.73. The molecule has 10 heteroatoms. The molecule has 1 amide bonds. The van der Waals surface area contributed by atoms with E-state index in [4.69, 9.17) is 0 Å². The lowest BCUT2D eigenvalue weighted by Gasteiger charge is -2.55. The highest BCUT2D eigenvalue weighted by molar-refractivity contribution is 7.89. The van der Waals surface area contributed by atoms with Crippen LogP contribution in [0.1, 0.15) is 6.42 Å². The number of ether oxygens (including phenoxy) is 1. The third kappa shape index (κ3) is 3.29. The molecule has 1 N–H and O–H groups in total. The van der Waals surface area contributed by atoms with Crippen LogP contribution in [0.25, 0.3) is 0 Å². The number of piperazine rings is 1. The molecular formula is C18H19FN4O4S. The van der Waals surface area contributed by atoms with E-state index < -0.39 is 22.1 Å². The Balaban J connectivity index is 1.48. The van der Waals surface area contributed by atoms with Crippen LogP contribution in [0.15, 0.2) is 47.5 Å². The molecule has 4 heterocycles. The lowest BCUT2D eigenvalue weighted by molar-refractivity contribution is 0.0878. The maximum absolute atomic E-state index is 13.4. The van der Waals surface area contributed by atoms with Crippen molar-refractivity contribution in [2.45, 2.75) is 23.4 Å². The quantitative estimate of drug-likeness (QED) is 0.782. The molecule has 2 atom stereocenters. The van der Waals surface area contributed by atoms with E-state index in [1.807, 2.05) is 4.90 Å². The fraction of sp³-hybridized carbons (Fsp3) is 0.333. The normalized spacial score (nSPS) is 21.7. The van der Waals surface area contributed by atoms with Gasteiger partial charge < -0.3 is 9.64 Å². The van der Waals surface area contributed by atoms with E-state index in [0.717, 1.165) is 6.42 Å². The lowest BCUT2D eigenvalue weighted by atomic mass is 9.91. The molecule has 3 aliphatic rings. The number of halogens is 1. The fourth-order valence-electron chi connectivity index (χ4n) is 3.77. The summed E-state index contributed by atoms with van der Waals surface area (Å²) in [6.07, 6.45) is 1.56. The molecule has 8 nitrogen and oxygen atoms in total. The van der Waals surface area contributed by atoms with E-state index >= 15 is 0 Å². The van der Waals surface area contributed by atoms with Gasteiger partial charge in [-0.05, 0) is 36.8 Å². The molecule has 1 aromatic carbocycles. The molecular weight excluding hydrogens is 387 g/mol. The van der Waals surface area contributed by atoms with E-state index in [1.165, 1.54) is 47.9 Å². The summed E-state index contributed by atoms with van der Waals surface area (Å²) in [5.74, 6) is -0.554. The summed E-state index contributed by atoms with van der Waals surface area (Å²) >= 11 is 0. The smallest absolute Gasteiger partial charge is 0.411 e. The number of carbonyl (C=O) groups is 1. The van der Waals surface area contributed by atoms with E-state index in [2.05, 4.69) is 15.0 Å². The molecule has 28 heavy (non-hydrogen) atoms. The molecule has 0 saturated carbocycles. The zero-order chi connectivity index (χ0) is 19.9. The third-order valence-electron chi connectivity index (χ3n) is 5.06. The highest BCUT2D eigenvalue weighted by Crippen LogP contribution is 2.39. The number of pyridine rings is 1. The van der Waals surface area contributed by atoms with Gasteiger partial charge in [-0.2, -0.15) is 8.70 Å². The first kappa shape index (κ1) is 18.6. The first-order valence-corrected chi connectivity index (χ1v) is 10.2. The number of sulfonamides is 1. The highest BCUT2D eigenvalue weighted by Gasteiger charge is 2.51. The minimum absolute atomic E-state index is 0.159. The Morgan fingerprint density at radius 1 is 1.21 bits per heavy atom. The maximum Gasteiger partial charge on any atom is 0.411 e. The van der Waals surface area contributed by atoms with Crippen molar-refractivity contribution in [1.29, 1.82) is 0 Å². The second-order valence-corrected chi connectivity index (χ2v) is 8.60. The summed E-state index contributed by atoms with van der Waals surface area (Å²) in [5.41, 5.74) is 1.15. The van der Waals surface area contributed by atoms with Crippen molar-refractivity contribution >= 4 is 27.5 Å². The number of hydrogen-bond acceptors (Lipinski definition) is 6. The standard InChI is InChI=1S/C18H19FN4O4S/c1-27-18(24)21-12-2-4-16(5-3-12)28(25,26)23-14-8-15(23)11-22(10-14)13-6-7-20-17(19)9-13/h2-7,9,14-15H,8,10-11H2,1H3,(H,21,24). The molecule has 3 saturated heterocycles. The SMILES string of the molecule is COC(=O)Nc1ccc(S(=O)(=O)N2C3CC2CN(c2ccnc(F)c2)C3)cc1. The maximum atomic E-state index is 13.4. The number of piperidine rings is 1. The van der Waals surface area contributed by atoms with Crippen molar-refractivity contribution in [2.24, 2.45) is 0 Å². The van der Waals surface area contributed by atoms with Crippen LogP contribution in [0, 0.1) is 5.95 Å². The molecule has 0 aliphatic carbocycles. The van der Waals surface area contributed by atoms with Crippen LogP contribution >= 0.6 is 0 Å². The fourth-order valence-corrected chi connectivity index (χ4v) is 5.58. The zero-order valence-corrected chi connectivity index (χ0v) is 15.9. The van der Waals surface area contributed by atoms with Gasteiger partial charge in [0.1, 0.15) is 0 Å². The number of amides is 1. The number of carbonyl (C=O) groups excluding carboxylic acids is 1. The van der Waals surface area contributed by atoms with Gasteiger partial charge in [0.05, 0.1) is 12.0 Å². The Kier molecular flexibility index (Phi) is 4.68. The average molecular weight is 406 g/mol. The molecule has 1 aromatic heterocycles. The number of nitrogens with one attached hydrogen (secondary N) is 1. The van der Waals surface area contributed by atoms with E-state index in [1.54, 1.807) is 6.07 Å². The van der Waals surface area contributed by atoms with E-state index in [-0.39, 0.29) is 17.0 Å². The number of anilines is 2. The Hall–Kier alpha value is -2.72. The molecule has 0 radical (unpaired) electrons. The summed E-state index contributed by atoms with van der Waals surface area (Å²) in [5, 5.41) is 2.48. The number of methoxy groups -OCH3 is 1. The zero-order valence-electron chi connectivity index (χ0n) is 15.1. The number of nitrogens with zero attached hydrogens (tertiary/aromatic N) is 3. The van der Waals surface area contributed by atoms with Crippen molar-refractivity contribution in [2.75, 3.05) is 30.4 Å². The second kappa shape index (κ2) is 7.02. The van der Waals surface area contributed by atoms with Gasteiger partial charge in [-0.25, -0.2) is 18.2 Å². The number of hydrogen-bond donors (Lipinski definition) is 1. The van der Waals surface area contributed by atoms with Gasteiger partial charge in [0.2, 0.25) is 16.0 Å². The summed E-state index contributed by atoms with van der Waals surface area (Å²) in [4.78, 5) is 16.9. The molecule has 3 aliphatic heterocycles. The average Bonchev–Trinajstić information content (AvgIpc) is 2.68. The van der Waals surface area contributed by atoms with Gasteiger partial charge in [-0.15, -0.1) is 0 Å². The molecule has 148 valence electrons. The largest absolute Gasteiger partial charge is 0.453 e. The van der Waals surface area contributed by atoms with Crippen LogP contribution in [0.5, 0.6) is 0 Å². The van der Waals surface area contributed by atoms with Gasteiger partial charge in [0, 0.05) is 48.8 Å². The first-order chi connectivity index (χ1) is 13.4. The number of fused-ring (bicyclic) bond motifs is 2. The Bertz CT molecular complexity index is 987. The van der Waals surface area contributed by atoms with Crippen molar-refractivity contribution < 1.29 is 22.3 Å². The highest BCUT2D eigenvalue weighted by atomic mass is 32.2. The van der Waals surface area contributed by atoms with Gasteiger partial charge in [0.15, 0.2) is 0 Å². The molecule has 2 bridgehead atoms. The predicted molar refractivity (Wildman–Crippen MR) is 100 cm³/mol. The Morgan fingerprint density at radius 2 is 1.89 bits per heavy atom.